The van der Waals surface area contributed by atoms with Crippen molar-refractivity contribution < 1.29 is 9.59 Å². The van der Waals surface area contributed by atoms with Crippen molar-refractivity contribution in [1.29, 1.82) is 0 Å². The van der Waals surface area contributed by atoms with Crippen molar-refractivity contribution in [2.45, 2.75) is 13.8 Å². The number of nitrogens with one attached hydrogen (secondary N) is 1. The minimum absolute atomic E-state index is 0.218. The van der Waals surface area contributed by atoms with Crippen LogP contribution in [0.15, 0.2) is 36.4 Å². The van der Waals surface area contributed by atoms with Gasteiger partial charge in [-0.3, -0.25) is 9.59 Å². The summed E-state index contributed by atoms with van der Waals surface area (Å²) < 4.78 is 0. The summed E-state index contributed by atoms with van der Waals surface area (Å²) in [4.78, 5) is 25.6. The summed E-state index contributed by atoms with van der Waals surface area (Å²) in [5.41, 5.74) is 1.64. The number of hydrogen-bond acceptors (Lipinski definition) is 2. The standard InChI is InChI=1S/C17H15Cl3N2O2/c1-10-12(18)5-4-8-15(10)21-16(24)9-22(11(2)23)17-13(19)6-3-7-14(17)20/h3-8H,9H2,1-2H3,(H,21,24). The molecule has 0 atom stereocenters. The van der Waals surface area contributed by atoms with Gasteiger partial charge in [-0.25, -0.2) is 0 Å². The van der Waals surface area contributed by atoms with E-state index in [1.54, 1.807) is 43.3 Å². The van der Waals surface area contributed by atoms with Crippen LogP contribution < -0.4 is 10.2 Å². The molecule has 0 aliphatic rings. The average Bonchev–Trinajstić information content (AvgIpc) is 2.50. The van der Waals surface area contributed by atoms with Crippen LogP contribution in [0.5, 0.6) is 0 Å². The summed E-state index contributed by atoms with van der Waals surface area (Å²) in [6.07, 6.45) is 0. The molecule has 0 radical (unpaired) electrons. The number of carbonyl (C=O) groups is 2. The zero-order valence-corrected chi connectivity index (χ0v) is 15.3. The summed E-state index contributed by atoms with van der Waals surface area (Å²) >= 11 is 18.3. The number of amides is 2. The van der Waals surface area contributed by atoms with Gasteiger partial charge < -0.3 is 10.2 Å². The Labute approximate surface area is 155 Å². The minimum Gasteiger partial charge on any atom is -0.324 e. The van der Waals surface area contributed by atoms with Gasteiger partial charge in [0.15, 0.2) is 0 Å². The Morgan fingerprint density at radius 3 is 2.12 bits per heavy atom. The highest BCUT2D eigenvalue weighted by atomic mass is 35.5. The van der Waals surface area contributed by atoms with Gasteiger partial charge in [-0.2, -0.15) is 0 Å². The van der Waals surface area contributed by atoms with Crippen LogP contribution in [0.25, 0.3) is 0 Å². The second-order valence-corrected chi connectivity index (χ2v) is 6.36. The van der Waals surface area contributed by atoms with E-state index in [1.165, 1.54) is 11.8 Å². The highest BCUT2D eigenvalue weighted by Crippen LogP contribution is 2.33. The van der Waals surface area contributed by atoms with E-state index in [4.69, 9.17) is 34.8 Å². The highest BCUT2D eigenvalue weighted by Gasteiger charge is 2.21. The number of carbonyl (C=O) groups excluding carboxylic acids is 2. The summed E-state index contributed by atoms with van der Waals surface area (Å²) in [5, 5.41) is 3.88. The largest absolute Gasteiger partial charge is 0.324 e. The fourth-order valence-electron chi connectivity index (χ4n) is 2.17. The molecule has 0 aromatic heterocycles. The minimum atomic E-state index is -0.383. The molecule has 1 N–H and O–H groups in total. The number of halogens is 3. The molecule has 0 aliphatic carbocycles. The number of hydrogen-bond donors (Lipinski definition) is 1. The first-order valence-corrected chi connectivity index (χ1v) is 8.21. The molecule has 2 aromatic carbocycles. The van der Waals surface area contributed by atoms with Crippen molar-refractivity contribution in [2.75, 3.05) is 16.8 Å². The van der Waals surface area contributed by atoms with Crippen LogP contribution in [0.3, 0.4) is 0 Å². The van der Waals surface area contributed by atoms with Crippen molar-refractivity contribution in [3.8, 4) is 0 Å². The van der Waals surface area contributed by atoms with Gasteiger partial charge in [0.25, 0.3) is 0 Å². The Kier molecular flexibility index (Phi) is 6.10. The van der Waals surface area contributed by atoms with E-state index in [9.17, 15) is 9.59 Å². The zero-order chi connectivity index (χ0) is 17.9. The maximum absolute atomic E-state index is 12.4. The summed E-state index contributed by atoms with van der Waals surface area (Å²) in [6.45, 7) is 2.92. The normalized spacial score (nSPS) is 10.4. The Hall–Kier alpha value is -1.75. The Bertz CT molecular complexity index is 773. The number of anilines is 2. The molecule has 2 aromatic rings. The first kappa shape index (κ1) is 18.6. The van der Waals surface area contributed by atoms with Gasteiger partial charge in [-0.15, -0.1) is 0 Å². The van der Waals surface area contributed by atoms with E-state index in [0.29, 0.717) is 26.4 Å². The summed E-state index contributed by atoms with van der Waals surface area (Å²) in [7, 11) is 0. The smallest absolute Gasteiger partial charge is 0.244 e. The third-order valence-corrected chi connectivity index (χ3v) is 4.45. The molecule has 0 fully saturated rings. The van der Waals surface area contributed by atoms with Crippen LogP contribution in [-0.2, 0) is 9.59 Å². The fourth-order valence-corrected chi connectivity index (χ4v) is 2.95. The first-order chi connectivity index (χ1) is 11.3. The van der Waals surface area contributed by atoms with Crippen molar-refractivity contribution in [3.05, 3.63) is 57.0 Å². The molecule has 0 bridgehead atoms. The van der Waals surface area contributed by atoms with Gasteiger partial charge in [0.05, 0.1) is 15.7 Å². The lowest BCUT2D eigenvalue weighted by molar-refractivity contribution is -0.120. The lowest BCUT2D eigenvalue weighted by Crippen LogP contribution is -2.37. The second kappa shape index (κ2) is 7.88. The third-order valence-electron chi connectivity index (χ3n) is 3.43. The van der Waals surface area contributed by atoms with Gasteiger partial charge in [-0.1, -0.05) is 46.9 Å². The van der Waals surface area contributed by atoms with Crippen LogP contribution in [0.2, 0.25) is 15.1 Å². The molecule has 0 saturated heterocycles. The predicted octanol–water partition coefficient (Wildman–Crippen LogP) is 4.95. The second-order valence-electron chi connectivity index (χ2n) is 5.14. The van der Waals surface area contributed by atoms with Gasteiger partial charge in [0, 0.05) is 17.6 Å². The van der Waals surface area contributed by atoms with E-state index in [0.717, 1.165) is 5.56 Å². The number of benzene rings is 2. The predicted molar refractivity (Wildman–Crippen MR) is 99.3 cm³/mol. The third kappa shape index (κ3) is 4.20. The summed E-state index contributed by atoms with van der Waals surface area (Å²) in [6, 6.07) is 10.1. The van der Waals surface area contributed by atoms with Gasteiger partial charge >= 0.3 is 0 Å². The van der Waals surface area contributed by atoms with Crippen LogP contribution in [0, 0.1) is 6.92 Å². The van der Waals surface area contributed by atoms with E-state index >= 15 is 0 Å². The van der Waals surface area contributed by atoms with Gasteiger partial charge in [-0.05, 0) is 36.8 Å². The molecule has 7 heteroatoms. The van der Waals surface area contributed by atoms with E-state index in [1.807, 2.05) is 0 Å². The lowest BCUT2D eigenvalue weighted by atomic mass is 10.2. The molecular formula is C17H15Cl3N2O2. The number of para-hydroxylation sites is 1. The topological polar surface area (TPSA) is 49.4 Å². The Balaban J connectivity index is 2.24. The monoisotopic (exact) mass is 384 g/mol. The highest BCUT2D eigenvalue weighted by molar-refractivity contribution is 6.40. The molecule has 0 saturated carbocycles. The molecule has 2 amide bonds. The van der Waals surface area contributed by atoms with Crippen molar-refractivity contribution in [3.63, 3.8) is 0 Å². The molecular weight excluding hydrogens is 371 g/mol. The molecule has 0 spiro atoms. The van der Waals surface area contributed by atoms with E-state index in [-0.39, 0.29) is 18.4 Å². The Morgan fingerprint density at radius 2 is 1.54 bits per heavy atom. The van der Waals surface area contributed by atoms with E-state index in [2.05, 4.69) is 5.32 Å². The zero-order valence-electron chi connectivity index (χ0n) is 13.1. The van der Waals surface area contributed by atoms with Crippen LogP contribution in [-0.4, -0.2) is 18.4 Å². The maximum atomic E-state index is 12.4. The van der Waals surface area contributed by atoms with Crippen LogP contribution >= 0.6 is 34.8 Å². The average molecular weight is 386 g/mol. The van der Waals surface area contributed by atoms with E-state index < -0.39 is 0 Å². The molecule has 0 unspecified atom stereocenters. The molecule has 0 heterocycles. The molecule has 2 rings (SSSR count). The number of nitrogens with zero attached hydrogens (tertiary/aromatic N) is 1. The van der Waals surface area contributed by atoms with Crippen molar-refractivity contribution in [2.24, 2.45) is 0 Å². The SMILES string of the molecule is CC(=O)N(CC(=O)Nc1cccc(Cl)c1C)c1c(Cl)cccc1Cl. The van der Waals surface area contributed by atoms with Crippen LogP contribution in [0.4, 0.5) is 11.4 Å². The molecule has 0 aliphatic heterocycles. The molecule has 4 nitrogen and oxygen atoms in total. The van der Waals surface area contributed by atoms with Crippen LogP contribution in [0.1, 0.15) is 12.5 Å². The van der Waals surface area contributed by atoms with Gasteiger partial charge in [0.1, 0.15) is 6.54 Å². The molecule has 24 heavy (non-hydrogen) atoms. The lowest BCUT2D eigenvalue weighted by Gasteiger charge is -2.23. The quantitative estimate of drug-likeness (QED) is 0.810. The van der Waals surface area contributed by atoms with Gasteiger partial charge in [0.2, 0.25) is 11.8 Å². The fraction of sp³-hybridized carbons (Fsp3) is 0.176. The molecule has 126 valence electrons. The summed E-state index contributed by atoms with van der Waals surface area (Å²) in [5.74, 6) is -0.727. The van der Waals surface area contributed by atoms with Crippen molar-refractivity contribution in [1.82, 2.24) is 0 Å². The Morgan fingerprint density at radius 1 is 1.00 bits per heavy atom. The maximum Gasteiger partial charge on any atom is 0.244 e. The first-order valence-electron chi connectivity index (χ1n) is 7.08. The number of rotatable bonds is 4. The van der Waals surface area contributed by atoms with Crippen molar-refractivity contribution >= 4 is 58.0 Å².